The van der Waals surface area contributed by atoms with Gasteiger partial charge in [-0.05, 0) is 40.0 Å². The van der Waals surface area contributed by atoms with E-state index in [1.807, 2.05) is 0 Å². The fourth-order valence-corrected chi connectivity index (χ4v) is 1.95. The molecule has 17 heavy (non-hydrogen) atoms. The molecule has 0 N–H and O–H groups in total. The summed E-state index contributed by atoms with van der Waals surface area (Å²) < 4.78 is 42.2. The van der Waals surface area contributed by atoms with E-state index in [1.54, 1.807) is 6.92 Å². The fraction of sp³-hybridized carbons (Fsp3) is 0.364. The van der Waals surface area contributed by atoms with E-state index in [0.29, 0.717) is 12.0 Å². The van der Waals surface area contributed by atoms with E-state index in [0.717, 1.165) is 12.1 Å². The summed E-state index contributed by atoms with van der Waals surface area (Å²) in [5.74, 6) is -0.0708. The maximum absolute atomic E-state index is 12.6. The van der Waals surface area contributed by atoms with Crippen LogP contribution >= 0.6 is 15.9 Å². The molecule has 0 spiro atoms. The zero-order chi connectivity index (χ0) is 13.2. The molecule has 1 rings (SSSR count). The molecule has 0 atom stereocenters. The van der Waals surface area contributed by atoms with Crippen molar-refractivity contribution < 1.29 is 22.7 Å². The van der Waals surface area contributed by atoms with Gasteiger partial charge in [0.05, 0.1) is 18.2 Å². The number of benzene rings is 1. The first-order valence-electron chi connectivity index (χ1n) is 4.79. The van der Waals surface area contributed by atoms with E-state index in [1.165, 1.54) is 7.11 Å². The molecule has 94 valence electrons. The van der Waals surface area contributed by atoms with Crippen molar-refractivity contribution in [1.82, 2.24) is 0 Å². The number of carbonyl (C=O) groups is 1. The predicted molar refractivity (Wildman–Crippen MR) is 60.6 cm³/mol. The Morgan fingerprint density at radius 3 is 2.35 bits per heavy atom. The number of carbonyl (C=O) groups excluding carboxylic acids is 1. The lowest BCUT2D eigenvalue weighted by molar-refractivity contribution is -0.137. The second-order valence-corrected chi connectivity index (χ2v) is 4.06. The van der Waals surface area contributed by atoms with Crippen LogP contribution in [0.2, 0.25) is 0 Å². The van der Waals surface area contributed by atoms with Crippen LogP contribution in [-0.2, 0) is 12.6 Å². The number of methoxy groups -OCH3 is 1. The molecule has 0 unspecified atom stereocenters. The zero-order valence-corrected chi connectivity index (χ0v) is 10.8. The van der Waals surface area contributed by atoms with Crippen LogP contribution in [0.1, 0.15) is 28.4 Å². The van der Waals surface area contributed by atoms with Gasteiger partial charge in [0, 0.05) is 0 Å². The molecular weight excluding hydrogens is 301 g/mol. The molecule has 1 aromatic carbocycles. The van der Waals surface area contributed by atoms with E-state index in [4.69, 9.17) is 4.74 Å². The van der Waals surface area contributed by atoms with Crippen molar-refractivity contribution in [2.24, 2.45) is 0 Å². The Bertz CT molecular complexity index is 416. The third-order valence-electron chi connectivity index (χ3n) is 2.31. The molecule has 0 fully saturated rings. The van der Waals surface area contributed by atoms with Crippen LogP contribution in [0.25, 0.3) is 0 Å². The molecule has 0 saturated heterocycles. The minimum atomic E-state index is -4.45. The monoisotopic (exact) mass is 310 g/mol. The van der Waals surface area contributed by atoms with E-state index in [-0.39, 0.29) is 11.3 Å². The number of rotatable bonds is 3. The van der Waals surface area contributed by atoms with Crippen LogP contribution in [0.5, 0.6) is 5.75 Å². The quantitative estimate of drug-likeness (QED) is 0.794. The molecular formula is C11H10BrF3O2. The first-order chi connectivity index (χ1) is 7.81. The van der Waals surface area contributed by atoms with Crippen molar-refractivity contribution in [2.45, 2.75) is 19.5 Å². The minimum absolute atomic E-state index is 0.0708. The van der Waals surface area contributed by atoms with Crippen LogP contribution in [0.15, 0.2) is 12.1 Å². The second kappa shape index (κ2) is 5.08. The second-order valence-electron chi connectivity index (χ2n) is 3.34. The molecule has 0 aromatic heterocycles. The third-order valence-corrected chi connectivity index (χ3v) is 2.71. The molecule has 0 amide bonds. The topological polar surface area (TPSA) is 26.3 Å². The highest BCUT2D eigenvalue weighted by Crippen LogP contribution is 2.36. The average molecular weight is 311 g/mol. The normalized spacial score (nSPS) is 11.4. The highest BCUT2D eigenvalue weighted by atomic mass is 79.9. The molecule has 0 aliphatic carbocycles. The summed E-state index contributed by atoms with van der Waals surface area (Å²) in [4.78, 5) is 11.3. The number of hydrogen-bond donors (Lipinski definition) is 0. The largest absolute Gasteiger partial charge is 0.496 e. The van der Waals surface area contributed by atoms with Gasteiger partial charge in [-0.1, -0.05) is 6.92 Å². The average Bonchev–Trinajstić information content (AvgIpc) is 2.25. The minimum Gasteiger partial charge on any atom is -0.496 e. The van der Waals surface area contributed by atoms with E-state index >= 15 is 0 Å². The van der Waals surface area contributed by atoms with Crippen LogP contribution < -0.4 is 4.74 Å². The van der Waals surface area contributed by atoms with Gasteiger partial charge in [0.2, 0.25) is 4.69 Å². The molecule has 2 nitrogen and oxygen atoms in total. The highest BCUT2D eigenvalue weighted by Gasteiger charge is 2.32. The van der Waals surface area contributed by atoms with Gasteiger partial charge >= 0.3 is 6.18 Å². The molecule has 1 aromatic rings. The SMILES string of the molecule is CCc1cc(C(F)(F)F)cc(OC)c1C(=O)Br. The van der Waals surface area contributed by atoms with Gasteiger partial charge in [-0.15, -0.1) is 0 Å². The van der Waals surface area contributed by atoms with Gasteiger partial charge < -0.3 is 4.74 Å². The van der Waals surface area contributed by atoms with Gasteiger partial charge in [0.15, 0.2) is 0 Å². The maximum Gasteiger partial charge on any atom is 0.416 e. The molecule has 0 aliphatic rings. The summed E-state index contributed by atoms with van der Waals surface area (Å²) >= 11 is 2.74. The number of hydrogen-bond acceptors (Lipinski definition) is 2. The van der Waals surface area contributed by atoms with Gasteiger partial charge in [-0.2, -0.15) is 13.2 Å². The molecule has 0 aliphatic heterocycles. The van der Waals surface area contributed by atoms with Gasteiger partial charge in [-0.25, -0.2) is 0 Å². The smallest absolute Gasteiger partial charge is 0.416 e. The van der Waals surface area contributed by atoms with Crippen molar-refractivity contribution in [3.05, 3.63) is 28.8 Å². The lowest BCUT2D eigenvalue weighted by atomic mass is 10.0. The summed E-state index contributed by atoms with van der Waals surface area (Å²) in [5.41, 5.74) is -0.370. The molecule has 6 heteroatoms. The Morgan fingerprint density at radius 2 is 2.00 bits per heavy atom. The van der Waals surface area contributed by atoms with Gasteiger partial charge in [-0.3, -0.25) is 4.79 Å². The summed E-state index contributed by atoms with van der Waals surface area (Å²) in [5, 5.41) is 0. The van der Waals surface area contributed by atoms with E-state index in [9.17, 15) is 18.0 Å². The first-order valence-corrected chi connectivity index (χ1v) is 5.58. The first kappa shape index (κ1) is 14.0. The third kappa shape index (κ3) is 3.00. The lowest BCUT2D eigenvalue weighted by Gasteiger charge is -2.14. The standard InChI is InChI=1S/C11H10BrF3O2/c1-3-6-4-7(11(13,14)15)5-8(17-2)9(6)10(12)16/h4-5H,3H2,1-2H3. The van der Waals surface area contributed by atoms with E-state index < -0.39 is 16.4 Å². The summed E-state index contributed by atoms with van der Waals surface area (Å²) in [6.45, 7) is 1.67. The summed E-state index contributed by atoms with van der Waals surface area (Å²) in [6.07, 6.45) is -4.14. The van der Waals surface area contributed by atoms with Crippen LogP contribution in [-0.4, -0.2) is 11.8 Å². The van der Waals surface area contributed by atoms with Gasteiger partial charge in [0.1, 0.15) is 5.75 Å². The van der Waals surface area contributed by atoms with Crippen LogP contribution in [0.3, 0.4) is 0 Å². The van der Waals surface area contributed by atoms with Crippen molar-refractivity contribution in [3.63, 3.8) is 0 Å². The van der Waals surface area contributed by atoms with Crippen molar-refractivity contribution >= 4 is 20.6 Å². The van der Waals surface area contributed by atoms with Gasteiger partial charge in [0.25, 0.3) is 0 Å². The number of halogens is 4. The molecule has 0 saturated carbocycles. The molecule has 0 heterocycles. The molecule has 0 bridgehead atoms. The van der Waals surface area contributed by atoms with Crippen molar-refractivity contribution in [1.29, 1.82) is 0 Å². The maximum atomic E-state index is 12.6. The highest BCUT2D eigenvalue weighted by molar-refractivity contribution is 9.18. The molecule has 0 radical (unpaired) electrons. The van der Waals surface area contributed by atoms with Crippen molar-refractivity contribution in [2.75, 3.05) is 7.11 Å². The van der Waals surface area contributed by atoms with Crippen LogP contribution in [0.4, 0.5) is 13.2 Å². The Labute approximate surface area is 105 Å². The Balaban J connectivity index is 3.50. The number of ether oxygens (including phenoxy) is 1. The number of alkyl halides is 3. The summed E-state index contributed by atoms with van der Waals surface area (Å²) in [7, 11) is 1.23. The Morgan fingerprint density at radius 1 is 1.41 bits per heavy atom. The zero-order valence-electron chi connectivity index (χ0n) is 9.19. The fourth-order valence-electron chi connectivity index (χ4n) is 1.50. The lowest BCUT2D eigenvalue weighted by Crippen LogP contribution is -2.09. The van der Waals surface area contributed by atoms with Crippen molar-refractivity contribution in [3.8, 4) is 5.75 Å². The van der Waals surface area contributed by atoms with Crippen LogP contribution in [0, 0.1) is 0 Å². The Hall–Kier alpha value is -1.04. The summed E-state index contributed by atoms with van der Waals surface area (Å²) in [6, 6.07) is 1.80. The predicted octanol–water partition coefficient (Wildman–Crippen LogP) is 3.81. The van der Waals surface area contributed by atoms with E-state index in [2.05, 4.69) is 15.9 Å². The Kier molecular flexibility index (Phi) is 4.19. The number of aryl methyl sites for hydroxylation is 1.